The Balaban J connectivity index is 3.35. The van der Waals surface area contributed by atoms with Crippen LogP contribution in [0.5, 0.6) is 0 Å². The Morgan fingerprint density at radius 1 is 1.36 bits per heavy atom. The Morgan fingerprint density at radius 2 is 2.00 bits per heavy atom. The minimum absolute atomic E-state index is 0.444. The Hall–Kier alpha value is -0.0500. The SMILES string of the molecule is O=Cc1cc(Cl)cc(Cl)c1Br. The lowest BCUT2D eigenvalue weighted by atomic mass is 10.2. The van der Waals surface area contributed by atoms with Crippen LogP contribution in [0.4, 0.5) is 0 Å². The zero-order chi connectivity index (χ0) is 8.43. The normalized spacial score (nSPS) is 9.73. The minimum Gasteiger partial charge on any atom is -0.298 e. The van der Waals surface area contributed by atoms with Crippen LogP contribution in [-0.4, -0.2) is 6.29 Å². The van der Waals surface area contributed by atoms with Crippen molar-refractivity contribution in [1.82, 2.24) is 0 Å². The standard InChI is InChI=1S/C7H3BrCl2O/c8-7-4(3-11)1-5(9)2-6(7)10/h1-3H. The van der Waals surface area contributed by atoms with E-state index in [4.69, 9.17) is 23.2 Å². The molecule has 0 N–H and O–H groups in total. The number of rotatable bonds is 1. The number of hydrogen-bond acceptors (Lipinski definition) is 1. The predicted molar refractivity (Wildman–Crippen MR) is 49.5 cm³/mol. The van der Waals surface area contributed by atoms with Gasteiger partial charge in [-0.15, -0.1) is 0 Å². The number of aldehydes is 1. The molecular formula is C7H3BrCl2O. The first-order valence-electron chi connectivity index (χ1n) is 2.75. The molecule has 0 fully saturated rings. The van der Waals surface area contributed by atoms with E-state index in [0.717, 1.165) is 0 Å². The Bertz CT molecular complexity index is 299. The first kappa shape index (κ1) is 9.04. The third kappa shape index (κ3) is 1.95. The average Bonchev–Trinajstić information content (AvgIpc) is 1.96. The molecule has 58 valence electrons. The molecule has 0 aromatic heterocycles. The van der Waals surface area contributed by atoms with Crippen molar-refractivity contribution in [3.8, 4) is 0 Å². The molecule has 0 spiro atoms. The molecule has 0 atom stereocenters. The summed E-state index contributed by atoms with van der Waals surface area (Å²) in [7, 11) is 0. The second-order valence-corrected chi connectivity index (χ2v) is 3.55. The van der Waals surface area contributed by atoms with E-state index < -0.39 is 0 Å². The molecule has 0 aliphatic carbocycles. The highest BCUT2D eigenvalue weighted by molar-refractivity contribution is 9.10. The number of benzene rings is 1. The summed E-state index contributed by atoms with van der Waals surface area (Å²) in [5, 5.41) is 0.903. The van der Waals surface area contributed by atoms with Gasteiger partial charge in [0.15, 0.2) is 6.29 Å². The summed E-state index contributed by atoms with van der Waals surface area (Å²) in [4.78, 5) is 10.4. The van der Waals surface area contributed by atoms with Gasteiger partial charge < -0.3 is 0 Å². The summed E-state index contributed by atoms with van der Waals surface area (Å²) in [5.74, 6) is 0. The van der Waals surface area contributed by atoms with Gasteiger partial charge in [-0.1, -0.05) is 23.2 Å². The van der Waals surface area contributed by atoms with E-state index in [1.807, 2.05) is 0 Å². The van der Waals surface area contributed by atoms with Crippen LogP contribution in [0.25, 0.3) is 0 Å². The van der Waals surface area contributed by atoms with E-state index >= 15 is 0 Å². The largest absolute Gasteiger partial charge is 0.298 e. The number of halogens is 3. The number of carbonyl (C=O) groups excluding carboxylic acids is 1. The van der Waals surface area contributed by atoms with Crippen molar-refractivity contribution in [2.24, 2.45) is 0 Å². The highest BCUT2D eigenvalue weighted by Crippen LogP contribution is 2.28. The molecule has 0 aliphatic rings. The zero-order valence-corrected chi connectivity index (χ0v) is 8.37. The summed E-state index contributed by atoms with van der Waals surface area (Å²) < 4.78 is 0.582. The lowest BCUT2D eigenvalue weighted by Crippen LogP contribution is -1.82. The molecule has 0 aliphatic heterocycles. The molecule has 4 heteroatoms. The van der Waals surface area contributed by atoms with Crippen molar-refractivity contribution in [2.75, 3.05) is 0 Å². The van der Waals surface area contributed by atoms with Crippen LogP contribution in [0, 0.1) is 0 Å². The second-order valence-electron chi connectivity index (χ2n) is 1.91. The van der Waals surface area contributed by atoms with Crippen molar-refractivity contribution in [3.63, 3.8) is 0 Å². The molecule has 0 saturated carbocycles. The Morgan fingerprint density at radius 3 is 2.55 bits per heavy atom. The first-order valence-corrected chi connectivity index (χ1v) is 4.29. The Kier molecular flexibility index (Phi) is 2.93. The molecule has 1 aromatic carbocycles. The molecule has 0 amide bonds. The molecule has 1 nitrogen and oxygen atoms in total. The van der Waals surface area contributed by atoms with Crippen LogP contribution in [-0.2, 0) is 0 Å². The molecule has 0 saturated heterocycles. The van der Waals surface area contributed by atoms with Gasteiger partial charge in [-0.25, -0.2) is 0 Å². The van der Waals surface area contributed by atoms with E-state index in [9.17, 15) is 4.79 Å². The number of carbonyl (C=O) groups is 1. The maximum Gasteiger partial charge on any atom is 0.151 e. The zero-order valence-electron chi connectivity index (χ0n) is 5.27. The lowest BCUT2D eigenvalue weighted by molar-refractivity contribution is 0.112. The third-order valence-electron chi connectivity index (χ3n) is 1.15. The molecule has 1 rings (SSSR count). The van der Waals surface area contributed by atoms with Gasteiger partial charge in [-0.2, -0.15) is 0 Å². The second kappa shape index (κ2) is 3.57. The van der Waals surface area contributed by atoms with Crippen LogP contribution in [0.1, 0.15) is 10.4 Å². The van der Waals surface area contributed by atoms with Crippen LogP contribution >= 0.6 is 39.1 Å². The smallest absolute Gasteiger partial charge is 0.151 e. The molecule has 0 unspecified atom stereocenters. The van der Waals surface area contributed by atoms with Crippen molar-refractivity contribution in [2.45, 2.75) is 0 Å². The molecule has 0 heterocycles. The molecule has 1 aromatic rings. The summed E-state index contributed by atoms with van der Waals surface area (Å²) in [6, 6.07) is 3.12. The van der Waals surface area contributed by atoms with Gasteiger partial charge >= 0.3 is 0 Å². The third-order valence-corrected chi connectivity index (χ3v) is 2.78. The van der Waals surface area contributed by atoms with Crippen molar-refractivity contribution in [3.05, 3.63) is 32.2 Å². The summed E-state index contributed by atoms with van der Waals surface area (Å²) in [6.45, 7) is 0. The van der Waals surface area contributed by atoms with Gasteiger partial charge in [0, 0.05) is 15.1 Å². The summed E-state index contributed by atoms with van der Waals surface area (Å²) in [5.41, 5.74) is 0.461. The fourth-order valence-corrected chi connectivity index (χ4v) is 1.49. The van der Waals surface area contributed by atoms with Gasteiger partial charge in [-0.05, 0) is 28.1 Å². The van der Waals surface area contributed by atoms with Gasteiger partial charge in [0.1, 0.15) is 0 Å². The highest BCUT2D eigenvalue weighted by Gasteiger charge is 2.04. The first-order chi connectivity index (χ1) is 5.15. The van der Waals surface area contributed by atoms with Crippen molar-refractivity contribution in [1.29, 1.82) is 0 Å². The molecule has 0 radical (unpaired) electrons. The summed E-state index contributed by atoms with van der Waals surface area (Å²) >= 11 is 14.5. The minimum atomic E-state index is 0.444. The summed E-state index contributed by atoms with van der Waals surface area (Å²) in [6.07, 6.45) is 0.696. The maximum absolute atomic E-state index is 10.4. The highest BCUT2D eigenvalue weighted by atomic mass is 79.9. The van der Waals surface area contributed by atoms with E-state index in [0.29, 0.717) is 26.4 Å². The monoisotopic (exact) mass is 252 g/mol. The fraction of sp³-hybridized carbons (Fsp3) is 0. The Labute approximate surface area is 82.4 Å². The number of hydrogen-bond donors (Lipinski definition) is 0. The predicted octanol–water partition coefficient (Wildman–Crippen LogP) is 3.57. The molecule has 0 bridgehead atoms. The van der Waals surface area contributed by atoms with Crippen LogP contribution in [0.3, 0.4) is 0 Å². The topological polar surface area (TPSA) is 17.1 Å². The van der Waals surface area contributed by atoms with Gasteiger partial charge in [0.25, 0.3) is 0 Å². The van der Waals surface area contributed by atoms with Crippen LogP contribution < -0.4 is 0 Å². The molecular weight excluding hydrogens is 251 g/mol. The quantitative estimate of drug-likeness (QED) is 0.553. The molecule has 11 heavy (non-hydrogen) atoms. The van der Waals surface area contributed by atoms with E-state index in [-0.39, 0.29) is 0 Å². The van der Waals surface area contributed by atoms with Crippen molar-refractivity contribution >= 4 is 45.4 Å². The van der Waals surface area contributed by atoms with Crippen LogP contribution in [0.2, 0.25) is 10.0 Å². The maximum atomic E-state index is 10.4. The lowest BCUT2D eigenvalue weighted by Gasteiger charge is -1.99. The van der Waals surface area contributed by atoms with Gasteiger partial charge in [0.2, 0.25) is 0 Å². The van der Waals surface area contributed by atoms with Crippen molar-refractivity contribution < 1.29 is 4.79 Å². The van der Waals surface area contributed by atoms with E-state index in [1.165, 1.54) is 0 Å². The van der Waals surface area contributed by atoms with Crippen LogP contribution in [0.15, 0.2) is 16.6 Å². The fourth-order valence-electron chi connectivity index (χ4n) is 0.662. The van der Waals surface area contributed by atoms with Gasteiger partial charge in [-0.3, -0.25) is 4.79 Å². The average molecular weight is 254 g/mol. The van der Waals surface area contributed by atoms with E-state index in [2.05, 4.69) is 15.9 Å². The van der Waals surface area contributed by atoms with E-state index in [1.54, 1.807) is 12.1 Å². The van der Waals surface area contributed by atoms with Gasteiger partial charge in [0.05, 0.1) is 5.02 Å².